The van der Waals surface area contributed by atoms with Crippen LogP contribution >= 0.6 is 0 Å². The molecule has 2 unspecified atom stereocenters. The molecule has 1 heterocycles. The Labute approximate surface area is 104 Å². The molecule has 0 saturated heterocycles. The summed E-state index contributed by atoms with van der Waals surface area (Å²) in [7, 11) is 0. The lowest BCUT2D eigenvalue weighted by Gasteiger charge is -2.18. The molecule has 3 rings (SSSR count). The SMILES string of the molecule is CC1CCCC1NCc1cccc2c1NCC2. The zero-order valence-electron chi connectivity index (χ0n) is 10.6. The Morgan fingerprint density at radius 2 is 2.29 bits per heavy atom. The second-order valence-corrected chi connectivity index (χ2v) is 5.52. The van der Waals surface area contributed by atoms with Crippen molar-refractivity contribution < 1.29 is 0 Å². The van der Waals surface area contributed by atoms with E-state index in [0.29, 0.717) is 0 Å². The Morgan fingerprint density at radius 1 is 1.35 bits per heavy atom. The van der Waals surface area contributed by atoms with E-state index in [9.17, 15) is 0 Å². The van der Waals surface area contributed by atoms with E-state index < -0.39 is 0 Å². The number of anilines is 1. The maximum absolute atomic E-state index is 3.74. The molecule has 0 bridgehead atoms. The van der Waals surface area contributed by atoms with Crippen LogP contribution in [0.3, 0.4) is 0 Å². The lowest BCUT2D eigenvalue weighted by Crippen LogP contribution is -2.30. The van der Waals surface area contributed by atoms with E-state index in [0.717, 1.165) is 25.0 Å². The summed E-state index contributed by atoms with van der Waals surface area (Å²) in [5, 5.41) is 7.25. The molecule has 2 atom stereocenters. The molecule has 1 fully saturated rings. The molecule has 0 amide bonds. The molecule has 0 radical (unpaired) electrons. The first-order valence-electron chi connectivity index (χ1n) is 6.92. The number of rotatable bonds is 3. The Balaban J connectivity index is 1.67. The van der Waals surface area contributed by atoms with Gasteiger partial charge < -0.3 is 10.6 Å². The second-order valence-electron chi connectivity index (χ2n) is 5.52. The molecule has 92 valence electrons. The van der Waals surface area contributed by atoms with E-state index in [1.54, 1.807) is 0 Å². The molecule has 17 heavy (non-hydrogen) atoms. The van der Waals surface area contributed by atoms with Crippen molar-refractivity contribution in [2.45, 2.75) is 45.2 Å². The number of benzene rings is 1. The highest BCUT2D eigenvalue weighted by Crippen LogP contribution is 2.28. The Hall–Kier alpha value is -1.02. The standard InChI is InChI=1S/C15H22N2/c1-11-4-2-7-14(11)17-10-13-6-3-5-12-8-9-16-15(12)13/h3,5-6,11,14,16-17H,2,4,7-10H2,1H3. The highest BCUT2D eigenvalue weighted by molar-refractivity contribution is 5.61. The van der Waals surface area contributed by atoms with Crippen LogP contribution in [0.1, 0.15) is 37.3 Å². The minimum absolute atomic E-state index is 0.729. The number of hydrogen-bond donors (Lipinski definition) is 2. The van der Waals surface area contributed by atoms with Gasteiger partial charge in [-0.2, -0.15) is 0 Å². The van der Waals surface area contributed by atoms with Crippen molar-refractivity contribution in [1.29, 1.82) is 0 Å². The number of para-hydroxylation sites is 1. The maximum atomic E-state index is 3.74. The first kappa shape index (κ1) is 11.1. The molecule has 0 aromatic heterocycles. The van der Waals surface area contributed by atoms with Crippen molar-refractivity contribution in [3.05, 3.63) is 29.3 Å². The molecule has 2 heteroatoms. The molecular formula is C15H22N2. The lowest BCUT2D eigenvalue weighted by atomic mass is 10.0. The fourth-order valence-corrected chi connectivity index (χ4v) is 3.25. The Morgan fingerprint density at radius 3 is 3.12 bits per heavy atom. The minimum atomic E-state index is 0.729. The summed E-state index contributed by atoms with van der Waals surface area (Å²) in [4.78, 5) is 0. The summed E-state index contributed by atoms with van der Waals surface area (Å²) in [6.45, 7) is 4.50. The predicted octanol–water partition coefficient (Wildman–Crippen LogP) is 2.93. The van der Waals surface area contributed by atoms with Crippen LogP contribution in [-0.4, -0.2) is 12.6 Å². The van der Waals surface area contributed by atoms with Gasteiger partial charge in [-0.05, 0) is 36.3 Å². The third-order valence-electron chi connectivity index (χ3n) is 4.35. The Bertz CT molecular complexity index is 400. The van der Waals surface area contributed by atoms with Crippen molar-refractivity contribution in [2.24, 2.45) is 5.92 Å². The van der Waals surface area contributed by atoms with Gasteiger partial charge in [0, 0.05) is 24.8 Å². The topological polar surface area (TPSA) is 24.1 Å². The molecule has 2 aliphatic rings. The maximum Gasteiger partial charge on any atom is 0.0419 e. The van der Waals surface area contributed by atoms with Gasteiger partial charge in [-0.3, -0.25) is 0 Å². The Kier molecular flexibility index (Phi) is 3.06. The van der Waals surface area contributed by atoms with Gasteiger partial charge in [0.15, 0.2) is 0 Å². The smallest absolute Gasteiger partial charge is 0.0419 e. The van der Waals surface area contributed by atoms with Gasteiger partial charge in [-0.1, -0.05) is 31.5 Å². The molecule has 2 nitrogen and oxygen atoms in total. The zero-order chi connectivity index (χ0) is 11.7. The molecule has 1 aromatic rings. The highest BCUT2D eigenvalue weighted by atomic mass is 14.9. The van der Waals surface area contributed by atoms with Gasteiger partial charge in [0.1, 0.15) is 0 Å². The fraction of sp³-hybridized carbons (Fsp3) is 0.600. The van der Waals surface area contributed by atoms with Gasteiger partial charge in [-0.25, -0.2) is 0 Å². The summed E-state index contributed by atoms with van der Waals surface area (Å²) in [5.41, 5.74) is 4.33. The van der Waals surface area contributed by atoms with E-state index in [1.165, 1.54) is 42.5 Å². The van der Waals surface area contributed by atoms with Crippen LogP contribution in [-0.2, 0) is 13.0 Å². The molecule has 1 aliphatic carbocycles. The van der Waals surface area contributed by atoms with Gasteiger partial charge in [0.25, 0.3) is 0 Å². The first-order valence-corrected chi connectivity index (χ1v) is 6.92. The monoisotopic (exact) mass is 230 g/mol. The summed E-state index contributed by atoms with van der Waals surface area (Å²) < 4.78 is 0. The summed E-state index contributed by atoms with van der Waals surface area (Å²) in [6.07, 6.45) is 5.32. The summed E-state index contributed by atoms with van der Waals surface area (Å²) in [6, 6.07) is 7.43. The lowest BCUT2D eigenvalue weighted by molar-refractivity contribution is 0.426. The summed E-state index contributed by atoms with van der Waals surface area (Å²) in [5.74, 6) is 0.847. The average molecular weight is 230 g/mol. The second kappa shape index (κ2) is 4.69. The van der Waals surface area contributed by atoms with E-state index in [4.69, 9.17) is 0 Å². The minimum Gasteiger partial charge on any atom is -0.384 e. The van der Waals surface area contributed by atoms with Crippen LogP contribution in [0.2, 0.25) is 0 Å². The predicted molar refractivity (Wildman–Crippen MR) is 72.3 cm³/mol. The van der Waals surface area contributed by atoms with E-state index in [2.05, 4.69) is 35.8 Å². The van der Waals surface area contributed by atoms with Crippen LogP contribution < -0.4 is 10.6 Å². The van der Waals surface area contributed by atoms with Crippen LogP contribution in [0.25, 0.3) is 0 Å². The van der Waals surface area contributed by atoms with E-state index in [-0.39, 0.29) is 0 Å². The summed E-state index contributed by atoms with van der Waals surface area (Å²) >= 11 is 0. The number of nitrogens with one attached hydrogen (secondary N) is 2. The highest BCUT2D eigenvalue weighted by Gasteiger charge is 2.23. The van der Waals surface area contributed by atoms with Crippen molar-refractivity contribution in [3.63, 3.8) is 0 Å². The normalized spacial score (nSPS) is 26.9. The molecule has 2 N–H and O–H groups in total. The van der Waals surface area contributed by atoms with Gasteiger partial charge in [0.05, 0.1) is 0 Å². The molecule has 1 saturated carbocycles. The van der Waals surface area contributed by atoms with Crippen molar-refractivity contribution in [3.8, 4) is 0 Å². The van der Waals surface area contributed by atoms with Crippen molar-refractivity contribution in [2.75, 3.05) is 11.9 Å². The zero-order valence-corrected chi connectivity index (χ0v) is 10.6. The van der Waals surface area contributed by atoms with Crippen LogP contribution in [0.15, 0.2) is 18.2 Å². The number of fused-ring (bicyclic) bond motifs is 1. The van der Waals surface area contributed by atoms with Gasteiger partial charge in [-0.15, -0.1) is 0 Å². The molecule has 1 aromatic carbocycles. The number of hydrogen-bond acceptors (Lipinski definition) is 2. The molecular weight excluding hydrogens is 208 g/mol. The van der Waals surface area contributed by atoms with Crippen molar-refractivity contribution >= 4 is 5.69 Å². The third-order valence-corrected chi connectivity index (χ3v) is 4.35. The first-order chi connectivity index (χ1) is 8.34. The van der Waals surface area contributed by atoms with Crippen molar-refractivity contribution in [1.82, 2.24) is 5.32 Å². The molecule has 1 aliphatic heterocycles. The van der Waals surface area contributed by atoms with Gasteiger partial charge >= 0.3 is 0 Å². The van der Waals surface area contributed by atoms with E-state index >= 15 is 0 Å². The fourth-order valence-electron chi connectivity index (χ4n) is 3.25. The quantitative estimate of drug-likeness (QED) is 0.834. The van der Waals surface area contributed by atoms with Crippen LogP contribution in [0, 0.1) is 5.92 Å². The van der Waals surface area contributed by atoms with Gasteiger partial charge in [0.2, 0.25) is 0 Å². The average Bonchev–Trinajstić information content (AvgIpc) is 2.95. The van der Waals surface area contributed by atoms with Crippen LogP contribution in [0.4, 0.5) is 5.69 Å². The largest absolute Gasteiger partial charge is 0.384 e. The van der Waals surface area contributed by atoms with E-state index in [1.807, 2.05) is 0 Å². The molecule has 0 spiro atoms. The third kappa shape index (κ3) is 2.19. The van der Waals surface area contributed by atoms with Crippen LogP contribution in [0.5, 0.6) is 0 Å².